The van der Waals surface area contributed by atoms with Gasteiger partial charge in [0.05, 0.1) is 67.5 Å². The molecule has 2 fully saturated rings. The van der Waals surface area contributed by atoms with Crippen LogP contribution in [0.1, 0.15) is 86.0 Å². The van der Waals surface area contributed by atoms with Crippen molar-refractivity contribution in [2.75, 3.05) is 0 Å². The molecule has 12 N–H and O–H groups in total. The molecule has 0 aromatic heterocycles. The van der Waals surface area contributed by atoms with Crippen LogP contribution in [0.15, 0.2) is 85.1 Å². The Bertz CT molecular complexity index is 1660. The monoisotopic (exact) mass is 922 g/mol. The predicted octanol–water partition coefficient (Wildman–Crippen LogP) is 1.99. The standard InChI is InChI=1S/C48H75NO16/c1-28-18-16-14-12-10-8-6-7-9-11-13-15-17-19-36(64-47-45(58)43(49)29(2)31(4)63-47)25-40-42(46(59)60)39(55)27-48(61,65-40)26-35(52)23-38(54)37(53)21-20-33(50)22-34(51)24-41(56)62-32(5)30(3)44(28)57/h6-19,28-40,42-45,47,50-55,57-58,61H,20-27,49H2,1-5H3,(H,59,60)/b7-6+,10-8+,11-9+,14-12+,15-13+,18-16+,19-17+/t28-,29+,30-,31+,32-,33+,34+,35-,36-,37+,38+,39-,40-,42+,43-,44+,45+,47-,48+/m0/s1. The third kappa shape index (κ3) is 18.7. The summed E-state index contributed by atoms with van der Waals surface area (Å²) < 4.78 is 23.6. The van der Waals surface area contributed by atoms with Crippen LogP contribution in [0.4, 0.5) is 0 Å². The molecule has 3 aliphatic rings. The number of nitrogens with two attached hydrogens (primary N) is 1. The third-order valence-corrected chi connectivity index (χ3v) is 12.5. The quantitative estimate of drug-likeness (QED) is 0.180. The summed E-state index contributed by atoms with van der Waals surface area (Å²) in [6.07, 6.45) is 6.31. The predicted molar refractivity (Wildman–Crippen MR) is 240 cm³/mol. The van der Waals surface area contributed by atoms with Gasteiger partial charge in [0, 0.05) is 43.6 Å². The van der Waals surface area contributed by atoms with Gasteiger partial charge in [0.2, 0.25) is 0 Å². The van der Waals surface area contributed by atoms with E-state index >= 15 is 0 Å². The molecule has 0 amide bonds. The average molecular weight is 922 g/mol. The summed E-state index contributed by atoms with van der Waals surface area (Å²) in [5.41, 5.74) is 6.27. The first-order valence-electron chi connectivity index (χ1n) is 22.6. The van der Waals surface area contributed by atoms with Gasteiger partial charge in [0.15, 0.2) is 12.1 Å². The van der Waals surface area contributed by atoms with Gasteiger partial charge in [-0.1, -0.05) is 106 Å². The Morgan fingerprint density at radius 2 is 1.23 bits per heavy atom. The van der Waals surface area contributed by atoms with Crippen molar-refractivity contribution in [1.82, 2.24) is 0 Å². The minimum absolute atomic E-state index is 0.0948. The normalized spacial score (nSPS) is 45.5. The van der Waals surface area contributed by atoms with Crippen molar-refractivity contribution >= 4 is 11.9 Å². The molecule has 0 aromatic carbocycles. The highest BCUT2D eigenvalue weighted by atomic mass is 16.7. The van der Waals surface area contributed by atoms with Gasteiger partial charge in [0.1, 0.15) is 18.1 Å². The van der Waals surface area contributed by atoms with Crippen LogP contribution in [0, 0.1) is 23.7 Å². The van der Waals surface area contributed by atoms with Gasteiger partial charge in [0.25, 0.3) is 0 Å². The SMILES string of the molecule is C[C@@H]1[C@H](O)[C@@H](C)/C=C/C=C/C=C/C=C/C=C/C=C/C=C/[C@H](O[C@@H]2O[C@H](C)[C@@H](C)[C@H](N)[C@H]2O)C[C@@H]2O[C@](O)(C[C@@H](O)C[C@@H](O)[C@H](O)CC[C@@H](O)C[C@@H](O)CC(=O)O[C@H]1C)C[C@H](O)[C@H]2C(=O)O. The number of cyclic esters (lactones) is 1. The molecule has 0 saturated carbocycles. The molecule has 0 unspecified atom stereocenters. The lowest BCUT2D eigenvalue weighted by Gasteiger charge is -2.45. The fourth-order valence-corrected chi connectivity index (χ4v) is 8.12. The summed E-state index contributed by atoms with van der Waals surface area (Å²) in [6, 6.07) is -0.704. The van der Waals surface area contributed by atoms with E-state index in [0.29, 0.717) is 0 Å². The molecule has 368 valence electrons. The number of hydrogen-bond donors (Lipinski definition) is 11. The fraction of sp³-hybridized carbons (Fsp3) is 0.667. The van der Waals surface area contributed by atoms with Crippen LogP contribution in [0.25, 0.3) is 0 Å². The number of carbonyl (C=O) groups excluding carboxylic acids is 1. The molecule has 17 heteroatoms. The van der Waals surface area contributed by atoms with Gasteiger partial charge in [-0.05, 0) is 39.0 Å². The summed E-state index contributed by atoms with van der Waals surface area (Å²) in [5, 5.41) is 108. The lowest BCUT2D eigenvalue weighted by Crippen LogP contribution is -2.58. The zero-order chi connectivity index (χ0) is 48.4. The number of hydrogen-bond acceptors (Lipinski definition) is 16. The highest BCUT2D eigenvalue weighted by Gasteiger charge is 2.51. The molecule has 3 aliphatic heterocycles. The van der Waals surface area contributed by atoms with Crippen LogP contribution in [0.2, 0.25) is 0 Å². The minimum atomic E-state index is -2.29. The number of aliphatic hydroxyl groups is 9. The Balaban J connectivity index is 1.86. The molecule has 0 aromatic rings. The van der Waals surface area contributed by atoms with E-state index in [2.05, 4.69) is 0 Å². The number of ether oxygens (including phenoxy) is 4. The molecule has 2 bridgehead atoms. The second-order valence-electron chi connectivity index (χ2n) is 17.9. The van der Waals surface area contributed by atoms with E-state index < -0.39 is 141 Å². The van der Waals surface area contributed by atoms with Crippen molar-refractivity contribution in [1.29, 1.82) is 0 Å². The summed E-state index contributed by atoms with van der Waals surface area (Å²) in [7, 11) is 0. The van der Waals surface area contributed by atoms with E-state index in [-0.39, 0.29) is 37.5 Å². The summed E-state index contributed by atoms with van der Waals surface area (Å²) in [5.74, 6) is -6.91. The van der Waals surface area contributed by atoms with E-state index in [4.69, 9.17) is 24.7 Å². The number of carboxylic acids is 1. The number of aliphatic carboxylic acids is 1. The molecule has 17 nitrogen and oxygen atoms in total. The van der Waals surface area contributed by atoms with Crippen molar-refractivity contribution in [3.8, 4) is 0 Å². The van der Waals surface area contributed by atoms with E-state index in [0.717, 1.165) is 0 Å². The highest BCUT2D eigenvalue weighted by molar-refractivity contribution is 5.71. The van der Waals surface area contributed by atoms with Gasteiger partial charge >= 0.3 is 11.9 Å². The maximum Gasteiger partial charge on any atom is 0.311 e. The highest BCUT2D eigenvalue weighted by Crippen LogP contribution is 2.38. The van der Waals surface area contributed by atoms with Crippen LogP contribution < -0.4 is 5.73 Å². The number of allylic oxidation sites excluding steroid dienone is 12. The second kappa shape index (κ2) is 27.4. The van der Waals surface area contributed by atoms with Gasteiger partial charge in [-0.3, -0.25) is 9.59 Å². The lowest BCUT2D eigenvalue weighted by atomic mass is 9.82. The maximum absolute atomic E-state index is 12.6. The van der Waals surface area contributed by atoms with E-state index in [9.17, 15) is 60.7 Å². The lowest BCUT2D eigenvalue weighted by molar-refractivity contribution is -0.307. The summed E-state index contributed by atoms with van der Waals surface area (Å²) in [6.45, 7) is 8.84. The number of carbonyl (C=O) groups is 2. The summed E-state index contributed by atoms with van der Waals surface area (Å²) in [4.78, 5) is 25.1. The van der Waals surface area contributed by atoms with Crippen molar-refractivity contribution < 1.29 is 79.6 Å². The first-order valence-corrected chi connectivity index (χ1v) is 22.6. The number of carboxylic acid groups (broad SMARTS) is 1. The zero-order valence-corrected chi connectivity index (χ0v) is 38.1. The van der Waals surface area contributed by atoms with E-state index in [1.54, 1.807) is 69.4 Å². The zero-order valence-electron chi connectivity index (χ0n) is 38.1. The van der Waals surface area contributed by atoms with Crippen LogP contribution in [0.5, 0.6) is 0 Å². The van der Waals surface area contributed by atoms with Crippen molar-refractivity contribution in [2.24, 2.45) is 29.4 Å². The Kier molecular flexibility index (Phi) is 23.6. The molecule has 0 aliphatic carbocycles. The third-order valence-electron chi connectivity index (χ3n) is 12.5. The molecule has 3 rings (SSSR count). The number of esters is 1. The van der Waals surface area contributed by atoms with Crippen LogP contribution in [-0.4, -0.2) is 154 Å². The van der Waals surface area contributed by atoms with E-state index in [1.165, 1.54) is 0 Å². The van der Waals surface area contributed by atoms with Gasteiger partial charge in [-0.15, -0.1) is 0 Å². The second-order valence-corrected chi connectivity index (χ2v) is 17.9. The number of rotatable bonds is 3. The van der Waals surface area contributed by atoms with Gasteiger partial charge in [-0.25, -0.2) is 0 Å². The number of aliphatic hydroxyl groups excluding tert-OH is 8. The summed E-state index contributed by atoms with van der Waals surface area (Å²) >= 11 is 0. The molecule has 3 heterocycles. The Hall–Kier alpha value is -3.40. The van der Waals surface area contributed by atoms with Crippen molar-refractivity contribution in [3.63, 3.8) is 0 Å². The topological polar surface area (TPSA) is 299 Å². The Labute approximate surface area is 382 Å². The Morgan fingerprint density at radius 3 is 1.82 bits per heavy atom. The maximum atomic E-state index is 12.6. The van der Waals surface area contributed by atoms with Gasteiger partial charge < -0.3 is 75.7 Å². The van der Waals surface area contributed by atoms with E-state index in [1.807, 2.05) is 50.3 Å². The fourth-order valence-electron chi connectivity index (χ4n) is 8.12. The first-order chi connectivity index (χ1) is 30.6. The smallest absolute Gasteiger partial charge is 0.311 e. The largest absolute Gasteiger partial charge is 0.481 e. The average Bonchev–Trinajstić information content (AvgIpc) is 3.21. The van der Waals surface area contributed by atoms with Crippen molar-refractivity contribution in [3.05, 3.63) is 85.1 Å². The van der Waals surface area contributed by atoms with Crippen molar-refractivity contribution in [2.45, 2.75) is 177 Å². The molecule has 65 heavy (non-hydrogen) atoms. The molecular formula is C48H75NO16. The first kappa shape index (κ1) is 55.9. The van der Waals surface area contributed by atoms with Crippen LogP contribution in [0.3, 0.4) is 0 Å². The molecule has 0 radical (unpaired) electrons. The van der Waals surface area contributed by atoms with Gasteiger partial charge in [-0.2, -0.15) is 0 Å². The molecular weight excluding hydrogens is 847 g/mol. The minimum Gasteiger partial charge on any atom is -0.481 e. The molecule has 19 atom stereocenters. The number of fused-ring (bicyclic) bond motifs is 2. The van der Waals surface area contributed by atoms with Crippen LogP contribution in [-0.2, 0) is 28.5 Å². The van der Waals surface area contributed by atoms with Crippen LogP contribution >= 0.6 is 0 Å². The Morgan fingerprint density at radius 1 is 0.662 bits per heavy atom. The molecule has 0 spiro atoms. The molecule has 2 saturated heterocycles.